The van der Waals surface area contributed by atoms with E-state index in [1.54, 1.807) is 22.5 Å². The maximum Gasteiger partial charge on any atom is 0.270 e. The van der Waals surface area contributed by atoms with Gasteiger partial charge < -0.3 is 4.90 Å². The van der Waals surface area contributed by atoms with Gasteiger partial charge in [0.05, 0.1) is 4.91 Å². The van der Waals surface area contributed by atoms with Gasteiger partial charge in [0.2, 0.25) is 0 Å². The monoisotopic (exact) mass is 432 g/mol. The van der Waals surface area contributed by atoms with Gasteiger partial charge in [-0.05, 0) is 52.7 Å². The summed E-state index contributed by atoms with van der Waals surface area (Å²) in [5.74, 6) is 0.625. The molecule has 1 atom stereocenters. The lowest BCUT2D eigenvalue weighted by Gasteiger charge is -2.28. The predicted molar refractivity (Wildman–Crippen MR) is 124 cm³/mol. The van der Waals surface area contributed by atoms with Crippen molar-refractivity contribution in [2.24, 2.45) is 0 Å². The van der Waals surface area contributed by atoms with Crippen molar-refractivity contribution >= 4 is 46.1 Å². The van der Waals surface area contributed by atoms with Crippen LogP contribution in [0.4, 0.5) is 5.82 Å². The zero-order valence-corrected chi connectivity index (χ0v) is 19.5. The van der Waals surface area contributed by atoms with Gasteiger partial charge in [0.25, 0.3) is 11.5 Å². The second-order valence-corrected chi connectivity index (χ2v) is 8.56. The van der Waals surface area contributed by atoms with E-state index in [1.165, 1.54) is 11.8 Å². The smallest absolute Gasteiger partial charge is 0.270 e. The molecule has 0 radical (unpaired) electrons. The van der Waals surface area contributed by atoms with Crippen LogP contribution in [0.15, 0.2) is 9.70 Å². The summed E-state index contributed by atoms with van der Waals surface area (Å²) in [6.07, 6.45) is 2.61. The fraction of sp³-hybridized carbons (Fsp3) is 0.524. The number of anilines is 1. The summed E-state index contributed by atoms with van der Waals surface area (Å²) < 4.78 is 2.17. The molecule has 2 heterocycles. The average Bonchev–Trinajstić information content (AvgIpc) is 2.98. The molecule has 0 aromatic carbocycles. The van der Waals surface area contributed by atoms with E-state index in [0.717, 1.165) is 17.8 Å². The second kappa shape index (κ2) is 9.59. The van der Waals surface area contributed by atoms with Gasteiger partial charge in [-0.2, -0.15) is 5.26 Å². The molecular formula is C21H28N4O2S2. The second-order valence-electron chi connectivity index (χ2n) is 6.88. The molecule has 29 heavy (non-hydrogen) atoms. The van der Waals surface area contributed by atoms with E-state index < -0.39 is 0 Å². The number of hydrogen-bond acceptors (Lipinski definition) is 6. The molecule has 8 heteroatoms. The van der Waals surface area contributed by atoms with Crippen molar-refractivity contribution < 1.29 is 4.79 Å². The number of rotatable bonds is 7. The number of hydrogen-bond donors (Lipinski definition) is 0. The highest BCUT2D eigenvalue weighted by molar-refractivity contribution is 8.26. The molecule has 1 saturated heterocycles. The number of pyridine rings is 1. The fourth-order valence-electron chi connectivity index (χ4n) is 3.47. The first-order chi connectivity index (χ1) is 13.8. The molecule has 1 aliphatic heterocycles. The van der Waals surface area contributed by atoms with Gasteiger partial charge in [0.15, 0.2) is 0 Å². The van der Waals surface area contributed by atoms with Crippen LogP contribution in [0.25, 0.3) is 6.08 Å². The molecule has 1 aromatic heterocycles. The third-order valence-electron chi connectivity index (χ3n) is 5.36. The third kappa shape index (κ3) is 4.12. The highest BCUT2D eigenvalue weighted by Crippen LogP contribution is 2.37. The maximum absolute atomic E-state index is 13.0. The Morgan fingerprint density at radius 2 is 1.86 bits per heavy atom. The van der Waals surface area contributed by atoms with Gasteiger partial charge in [0, 0.05) is 31.2 Å². The first-order valence-corrected chi connectivity index (χ1v) is 11.2. The van der Waals surface area contributed by atoms with Crippen LogP contribution in [0.1, 0.15) is 57.7 Å². The number of nitriles is 1. The molecule has 6 nitrogen and oxygen atoms in total. The Hall–Kier alpha value is -2.11. The average molecular weight is 433 g/mol. The molecule has 1 aromatic rings. The number of carbonyl (C=O) groups is 1. The van der Waals surface area contributed by atoms with Gasteiger partial charge in [-0.25, -0.2) is 0 Å². The van der Waals surface area contributed by atoms with E-state index in [4.69, 9.17) is 12.2 Å². The maximum atomic E-state index is 13.0. The molecule has 1 unspecified atom stereocenters. The van der Waals surface area contributed by atoms with Crippen LogP contribution in [0.3, 0.4) is 0 Å². The van der Waals surface area contributed by atoms with Crippen LogP contribution in [-0.2, 0) is 11.3 Å². The third-order valence-corrected chi connectivity index (χ3v) is 6.69. The number of amides is 1. The first kappa shape index (κ1) is 23.2. The SMILES string of the molecule is CCC(C)N1C(=O)C(=Cc2c(C)c(C#N)c(=O)n(CC)c2N(CC)CC)SC1=S. The zero-order chi connectivity index (χ0) is 21.9. The minimum absolute atomic E-state index is 0.0241. The molecular weight excluding hydrogens is 404 g/mol. The van der Waals surface area contributed by atoms with E-state index in [1.807, 2.05) is 34.6 Å². The number of aromatic nitrogens is 1. The van der Waals surface area contributed by atoms with Crippen LogP contribution in [-0.4, -0.2) is 38.8 Å². The van der Waals surface area contributed by atoms with Crippen molar-refractivity contribution in [1.82, 2.24) is 9.47 Å². The predicted octanol–water partition coefficient (Wildman–Crippen LogP) is 3.89. The molecule has 156 valence electrons. The van der Waals surface area contributed by atoms with Crippen LogP contribution in [0.2, 0.25) is 0 Å². The summed E-state index contributed by atoms with van der Waals surface area (Å²) in [4.78, 5) is 30.2. The van der Waals surface area contributed by atoms with Crippen LogP contribution in [0.5, 0.6) is 0 Å². The van der Waals surface area contributed by atoms with Gasteiger partial charge in [-0.3, -0.25) is 19.1 Å². The van der Waals surface area contributed by atoms with Gasteiger partial charge in [0.1, 0.15) is 21.8 Å². The van der Waals surface area contributed by atoms with Crippen molar-refractivity contribution in [2.75, 3.05) is 18.0 Å². The summed E-state index contributed by atoms with van der Waals surface area (Å²) in [7, 11) is 0. The summed E-state index contributed by atoms with van der Waals surface area (Å²) in [5.41, 5.74) is 1.15. The first-order valence-electron chi connectivity index (χ1n) is 9.96. The van der Waals surface area contributed by atoms with Crippen molar-refractivity contribution in [2.45, 2.75) is 60.5 Å². The van der Waals surface area contributed by atoms with E-state index in [2.05, 4.69) is 11.0 Å². The summed E-state index contributed by atoms with van der Waals surface area (Å²) in [5, 5.41) is 9.59. The van der Waals surface area contributed by atoms with E-state index in [0.29, 0.717) is 34.4 Å². The van der Waals surface area contributed by atoms with Crippen molar-refractivity contribution in [3.05, 3.63) is 31.9 Å². The van der Waals surface area contributed by atoms with E-state index in [-0.39, 0.29) is 23.1 Å². The van der Waals surface area contributed by atoms with Crippen LogP contribution >= 0.6 is 24.0 Å². The minimum atomic E-state index is -0.293. The summed E-state index contributed by atoms with van der Waals surface area (Å²) in [6, 6.07) is 2.08. The molecule has 0 bridgehead atoms. The lowest BCUT2D eigenvalue weighted by molar-refractivity contribution is -0.123. The number of carbonyl (C=O) groups excluding carboxylic acids is 1. The molecule has 0 spiro atoms. The van der Waals surface area contributed by atoms with Crippen molar-refractivity contribution in [3.8, 4) is 6.07 Å². The molecule has 2 rings (SSSR count). The lowest BCUT2D eigenvalue weighted by Crippen LogP contribution is -2.36. The minimum Gasteiger partial charge on any atom is -0.358 e. The van der Waals surface area contributed by atoms with E-state index >= 15 is 0 Å². The number of thiocarbonyl (C=S) groups is 1. The Kier molecular flexibility index (Phi) is 7.66. The van der Waals surface area contributed by atoms with E-state index in [9.17, 15) is 14.9 Å². The number of thioether (sulfide) groups is 1. The molecule has 0 aliphatic carbocycles. The Morgan fingerprint density at radius 3 is 2.34 bits per heavy atom. The summed E-state index contributed by atoms with van der Waals surface area (Å²) >= 11 is 6.72. The highest BCUT2D eigenvalue weighted by atomic mass is 32.2. The molecule has 0 saturated carbocycles. The van der Waals surface area contributed by atoms with Gasteiger partial charge in [-0.1, -0.05) is 30.9 Å². The Bertz CT molecular complexity index is 955. The normalized spacial score (nSPS) is 16.4. The Labute approximate surface area is 182 Å². The van der Waals surface area contributed by atoms with Crippen molar-refractivity contribution in [1.29, 1.82) is 5.26 Å². The topological polar surface area (TPSA) is 69.3 Å². The number of nitrogens with zero attached hydrogens (tertiary/aromatic N) is 4. The van der Waals surface area contributed by atoms with Crippen molar-refractivity contribution in [3.63, 3.8) is 0 Å². The fourth-order valence-corrected chi connectivity index (χ4v) is 4.92. The quantitative estimate of drug-likeness (QED) is 0.481. The van der Waals surface area contributed by atoms with Crippen LogP contribution in [0, 0.1) is 18.3 Å². The lowest BCUT2D eigenvalue weighted by atomic mass is 10.0. The van der Waals surface area contributed by atoms with Gasteiger partial charge >= 0.3 is 0 Å². The van der Waals surface area contributed by atoms with Crippen LogP contribution < -0.4 is 10.5 Å². The Morgan fingerprint density at radius 1 is 1.24 bits per heavy atom. The highest BCUT2D eigenvalue weighted by Gasteiger charge is 2.35. The molecule has 1 fully saturated rings. The largest absolute Gasteiger partial charge is 0.358 e. The van der Waals surface area contributed by atoms with Gasteiger partial charge in [-0.15, -0.1) is 0 Å². The summed E-state index contributed by atoms with van der Waals surface area (Å²) in [6.45, 7) is 13.5. The molecule has 0 N–H and O–H groups in total. The zero-order valence-electron chi connectivity index (χ0n) is 17.9. The molecule has 1 aliphatic rings. The Balaban J connectivity index is 2.80. The molecule has 1 amide bonds. The standard InChI is InChI=1S/C21H28N4O2S2/c1-7-13(5)25-20(27)17(29-21(25)28)11-15-14(6)16(12-22)19(26)24(10-4)18(15)23(8-2)9-3/h11,13H,7-10H2,1-6H3.